The normalized spacial score (nSPS) is 12.6. The molecule has 7 nitrogen and oxygen atoms in total. The highest BCUT2D eigenvalue weighted by molar-refractivity contribution is 7.89. The molecule has 0 fully saturated rings. The number of fused-ring (bicyclic) bond motifs is 1. The number of hydrogen-bond acceptors (Lipinski definition) is 6. The Hall–Kier alpha value is -2.49. The fourth-order valence-corrected chi connectivity index (χ4v) is 5.34. The Balaban J connectivity index is 2.17. The third-order valence-electron chi connectivity index (χ3n) is 4.81. The number of aromatic nitrogens is 1. The smallest absolute Gasteiger partial charge is 0.339 e. The topological polar surface area (TPSA) is 93.6 Å². The molecule has 0 spiro atoms. The van der Waals surface area contributed by atoms with Crippen LogP contribution in [0, 0.1) is 13.8 Å². The number of rotatable bonds is 6. The van der Waals surface area contributed by atoms with Gasteiger partial charge in [-0.25, -0.2) is 13.4 Å². The Morgan fingerprint density at radius 2 is 1.53 bits per heavy atom. The highest BCUT2D eigenvalue weighted by Gasteiger charge is 2.27. The van der Waals surface area contributed by atoms with E-state index in [2.05, 4.69) is 4.98 Å². The zero-order valence-electron chi connectivity index (χ0n) is 17.4. The van der Waals surface area contributed by atoms with Crippen LogP contribution in [0.2, 0.25) is 0 Å². The third-order valence-corrected chi connectivity index (χ3v) is 8.15. The molecule has 3 aromatic rings. The highest BCUT2D eigenvalue weighted by atomic mass is 32.2. The summed E-state index contributed by atoms with van der Waals surface area (Å²) in [6.45, 7) is 7.13. The maximum absolute atomic E-state index is 13.1. The lowest BCUT2D eigenvalue weighted by molar-refractivity contribution is 0.411. The molecule has 0 N–H and O–H groups in total. The summed E-state index contributed by atoms with van der Waals surface area (Å²) in [5, 5.41) is 0.296. The van der Waals surface area contributed by atoms with Gasteiger partial charge >= 0.3 is 10.1 Å². The highest BCUT2D eigenvalue weighted by Crippen LogP contribution is 2.33. The Kier molecular flexibility index (Phi) is 5.90. The van der Waals surface area contributed by atoms with E-state index in [0.29, 0.717) is 11.1 Å². The second-order valence-electron chi connectivity index (χ2n) is 7.38. The average molecular weight is 449 g/mol. The summed E-state index contributed by atoms with van der Waals surface area (Å²) in [5.74, 6) is -0.0274. The van der Waals surface area contributed by atoms with Crippen molar-refractivity contribution in [1.29, 1.82) is 0 Å². The van der Waals surface area contributed by atoms with Gasteiger partial charge in [-0.05, 0) is 64.1 Å². The maximum atomic E-state index is 13.1. The maximum Gasteiger partial charge on any atom is 0.339 e. The molecule has 0 unspecified atom stereocenters. The van der Waals surface area contributed by atoms with E-state index in [1.54, 1.807) is 45.0 Å². The van der Waals surface area contributed by atoms with Crippen molar-refractivity contribution < 1.29 is 21.0 Å². The standard InChI is InChI=1S/C21H24N2O5S2/c1-14(2)23(5)29(24,25)20-13-12-19(21-18(20)11-8-16(4)22-21)28-30(26,27)17-9-6-15(3)7-10-17/h6-14H,1-5H3. The first-order valence-electron chi connectivity index (χ1n) is 9.33. The lowest BCUT2D eigenvalue weighted by atomic mass is 10.2. The number of pyridine rings is 1. The van der Waals surface area contributed by atoms with Crippen molar-refractivity contribution in [3.63, 3.8) is 0 Å². The van der Waals surface area contributed by atoms with Gasteiger partial charge in [0, 0.05) is 24.2 Å². The van der Waals surface area contributed by atoms with Crippen LogP contribution in [0.5, 0.6) is 5.75 Å². The summed E-state index contributed by atoms with van der Waals surface area (Å²) < 4.78 is 58.2. The lowest BCUT2D eigenvalue weighted by Crippen LogP contribution is -2.33. The van der Waals surface area contributed by atoms with Crippen LogP contribution in [0.4, 0.5) is 0 Å². The molecule has 0 atom stereocenters. The van der Waals surface area contributed by atoms with Crippen LogP contribution in [-0.2, 0) is 20.1 Å². The van der Waals surface area contributed by atoms with E-state index in [1.807, 2.05) is 6.92 Å². The van der Waals surface area contributed by atoms with E-state index < -0.39 is 20.1 Å². The molecule has 9 heteroatoms. The molecule has 0 aliphatic heterocycles. The Morgan fingerprint density at radius 1 is 0.900 bits per heavy atom. The summed E-state index contributed by atoms with van der Waals surface area (Å²) in [6, 6.07) is 12.0. The van der Waals surface area contributed by atoms with E-state index in [0.717, 1.165) is 5.56 Å². The Morgan fingerprint density at radius 3 is 2.13 bits per heavy atom. The van der Waals surface area contributed by atoms with Crippen LogP contribution in [0.1, 0.15) is 25.1 Å². The van der Waals surface area contributed by atoms with Crippen molar-refractivity contribution >= 4 is 31.0 Å². The van der Waals surface area contributed by atoms with Gasteiger partial charge in [-0.3, -0.25) is 0 Å². The molecular formula is C21H24N2O5S2. The summed E-state index contributed by atoms with van der Waals surface area (Å²) in [4.78, 5) is 4.42. The number of benzene rings is 2. The van der Waals surface area contributed by atoms with Crippen molar-refractivity contribution in [2.24, 2.45) is 0 Å². The molecular weight excluding hydrogens is 424 g/mol. The van der Waals surface area contributed by atoms with E-state index in [9.17, 15) is 16.8 Å². The first-order valence-corrected chi connectivity index (χ1v) is 12.2. The van der Waals surface area contributed by atoms with Crippen LogP contribution in [-0.4, -0.2) is 39.2 Å². The zero-order valence-corrected chi connectivity index (χ0v) is 19.1. The first kappa shape index (κ1) is 22.2. The lowest BCUT2D eigenvalue weighted by Gasteiger charge is -2.22. The van der Waals surface area contributed by atoms with Gasteiger partial charge in [-0.15, -0.1) is 0 Å². The Bertz CT molecular complexity index is 1300. The molecule has 2 aromatic carbocycles. The van der Waals surface area contributed by atoms with E-state index in [-0.39, 0.29) is 27.1 Å². The van der Waals surface area contributed by atoms with E-state index >= 15 is 0 Å². The number of aryl methyl sites for hydroxylation is 2. The Labute approximate surface area is 177 Å². The van der Waals surface area contributed by atoms with Crippen molar-refractivity contribution in [2.75, 3.05) is 7.05 Å². The fourth-order valence-electron chi connectivity index (χ4n) is 2.86. The van der Waals surface area contributed by atoms with Gasteiger partial charge in [0.05, 0.1) is 4.90 Å². The van der Waals surface area contributed by atoms with Crippen molar-refractivity contribution in [3.8, 4) is 5.75 Å². The zero-order chi connectivity index (χ0) is 22.3. The SMILES string of the molecule is Cc1ccc(S(=O)(=O)Oc2ccc(S(=O)(=O)N(C)C(C)C)c3ccc(C)nc23)cc1. The number of sulfonamides is 1. The number of hydrogen-bond donors (Lipinski definition) is 0. The molecule has 0 saturated carbocycles. The number of nitrogens with zero attached hydrogens (tertiary/aromatic N) is 2. The van der Waals surface area contributed by atoms with Gasteiger partial charge < -0.3 is 4.18 Å². The summed E-state index contributed by atoms with van der Waals surface area (Å²) in [6.07, 6.45) is 0. The molecule has 1 heterocycles. The third kappa shape index (κ3) is 4.19. The fraction of sp³-hybridized carbons (Fsp3) is 0.286. The van der Waals surface area contributed by atoms with Crippen molar-refractivity contribution in [2.45, 2.75) is 43.5 Å². The van der Waals surface area contributed by atoms with E-state index in [4.69, 9.17) is 4.18 Å². The molecule has 3 rings (SSSR count). The minimum Gasteiger partial charge on any atom is -0.377 e. The van der Waals surface area contributed by atoms with Crippen LogP contribution in [0.25, 0.3) is 10.9 Å². The molecule has 1 aromatic heterocycles. The quantitative estimate of drug-likeness (QED) is 0.535. The monoisotopic (exact) mass is 448 g/mol. The van der Waals surface area contributed by atoms with Gasteiger partial charge in [-0.1, -0.05) is 17.7 Å². The van der Waals surface area contributed by atoms with Crippen LogP contribution >= 0.6 is 0 Å². The molecule has 0 aliphatic rings. The average Bonchev–Trinajstić information content (AvgIpc) is 2.67. The van der Waals surface area contributed by atoms with Crippen molar-refractivity contribution in [3.05, 3.63) is 59.8 Å². The second-order valence-corrected chi connectivity index (χ2v) is 10.9. The molecule has 0 radical (unpaired) electrons. The molecule has 0 amide bonds. The van der Waals surface area contributed by atoms with Gasteiger partial charge in [0.1, 0.15) is 10.4 Å². The molecule has 0 aliphatic carbocycles. The summed E-state index contributed by atoms with van der Waals surface area (Å²) in [7, 11) is -6.42. The largest absolute Gasteiger partial charge is 0.377 e. The molecule has 30 heavy (non-hydrogen) atoms. The summed E-state index contributed by atoms with van der Waals surface area (Å²) >= 11 is 0. The van der Waals surface area contributed by atoms with Gasteiger partial charge in [0.2, 0.25) is 10.0 Å². The predicted octanol–water partition coefficient (Wildman–Crippen LogP) is 3.65. The molecule has 0 bridgehead atoms. The predicted molar refractivity (Wildman–Crippen MR) is 116 cm³/mol. The first-order chi connectivity index (χ1) is 13.9. The second kappa shape index (κ2) is 7.98. The van der Waals surface area contributed by atoms with Crippen molar-refractivity contribution in [1.82, 2.24) is 9.29 Å². The van der Waals surface area contributed by atoms with Gasteiger partial charge in [0.25, 0.3) is 0 Å². The minimum absolute atomic E-state index is 0.00476. The summed E-state index contributed by atoms with van der Waals surface area (Å²) in [5.41, 5.74) is 1.69. The van der Waals surface area contributed by atoms with Crippen LogP contribution in [0.15, 0.2) is 58.3 Å². The van der Waals surface area contributed by atoms with Crippen LogP contribution in [0.3, 0.4) is 0 Å². The van der Waals surface area contributed by atoms with E-state index in [1.165, 1.54) is 35.6 Å². The van der Waals surface area contributed by atoms with Gasteiger partial charge in [0.15, 0.2) is 5.75 Å². The molecule has 0 saturated heterocycles. The van der Waals surface area contributed by atoms with Crippen LogP contribution < -0.4 is 4.18 Å². The van der Waals surface area contributed by atoms with Gasteiger partial charge in [-0.2, -0.15) is 12.7 Å². The molecule has 160 valence electrons. The minimum atomic E-state index is -4.11.